The maximum absolute atomic E-state index is 12.1. The van der Waals surface area contributed by atoms with Crippen molar-refractivity contribution >= 4 is 5.91 Å². The number of carbonyl (C=O) groups excluding carboxylic acids is 1. The van der Waals surface area contributed by atoms with Gasteiger partial charge in [-0.15, -0.1) is 0 Å². The molecule has 0 aromatic heterocycles. The van der Waals surface area contributed by atoms with E-state index in [4.69, 9.17) is 5.11 Å². The first-order valence-corrected chi connectivity index (χ1v) is 7.85. The molecule has 0 radical (unpaired) electrons. The van der Waals surface area contributed by atoms with Crippen LogP contribution in [0.2, 0.25) is 0 Å². The molecule has 0 heterocycles. The van der Waals surface area contributed by atoms with Gasteiger partial charge in [0.2, 0.25) is 5.91 Å². The summed E-state index contributed by atoms with van der Waals surface area (Å²) in [5, 5.41) is 12.0. The van der Waals surface area contributed by atoms with Crippen molar-refractivity contribution in [3.05, 3.63) is 0 Å². The molecule has 0 aromatic carbocycles. The summed E-state index contributed by atoms with van der Waals surface area (Å²) in [4.78, 5) is 14.4. The van der Waals surface area contributed by atoms with Crippen LogP contribution in [0, 0.1) is 0 Å². The van der Waals surface area contributed by atoms with Crippen LogP contribution >= 0.6 is 0 Å². The maximum atomic E-state index is 12.1. The largest absolute Gasteiger partial charge is 0.396 e. The smallest absolute Gasteiger partial charge is 0.237 e. The van der Waals surface area contributed by atoms with Crippen LogP contribution in [0.25, 0.3) is 0 Å². The van der Waals surface area contributed by atoms with E-state index < -0.39 is 0 Å². The summed E-state index contributed by atoms with van der Waals surface area (Å²) in [7, 11) is 0. The van der Waals surface area contributed by atoms with E-state index in [0.29, 0.717) is 6.04 Å². The number of rotatable bonds is 10. The number of aliphatic hydroxyl groups is 1. The van der Waals surface area contributed by atoms with Crippen molar-refractivity contribution in [2.75, 3.05) is 19.7 Å². The minimum absolute atomic E-state index is 0.0709. The second-order valence-corrected chi connectivity index (χ2v) is 5.57. The highest BCUT2D eigenvalue weighted by molar-refractivity contribution is 5.81. The Morgan fingerprint density at radius 3 is 2.63 bits per heavy atom. The van der Waals surface area contributed by atoms with Crippen LogP contribution in [-0.2, 0) is 4.79 Å². The molecule has 1 aliphatic carbocycles. The number of hydrogen-bond acceptors (Lipinski definition) is 3. The van der Waals surface area contributed by atoms with E-state index in [1.54, 1.807) is 0 Å². The summed E-state index contributed by atoms with van der Waals surface area (Å²) in [5.41, 5.74) is 0. The van der Waals surface area contributed by atoms with Gasteiger partial charge in [0.05, 0.1) is 6.04 Å². The van der Waals surface area contributed by atoms with Gasteiger partial charge in [0.25, 0.3) is 0 Å². The zero-order valence-electron chi connectivity index (χ0n) is 12.5. The molecule has 4 heteroatoms. The van der Waals surface area contributed by atoms with Gasteiger partial charge in [-0.3, -0.25) is 9.69 Å². The van der Waals surface area contributed by atoms with E-state index in [-0.39, 0.29) is 18.6 Å². The number of nitrogens with one attached hydrogen (secondary N) is 1. The summed E-state index contributed by atoms with van der Waals surface area (Å²) in [5.74, 6) is 0.140. The SMILES string of the molecule is CCCCCNC(=O)C(C)N(CCCO)C1CCC1. The number of unbranched alkanes of at least 4 members (excludes halogenated alkanes) is 2. The van der Waals surface area contributed by atoms with Crippen molar-refractivity contribution in [1.29, 1.82) is 0 Å². The summed E-state index contributed by atoms with van der Waals surface area (Å²) in [6.45, 7) is 5.97. The van der Waals surface area contributed by atoms with Gasteiger partial charge < -0.3 is 10.4 Å². The third-order valence-corrected chi connectivity index (χ3v) is 4.07. The average molecular weight is 270 g/mol. The molecule has 1 unspecified atom stereocenters. The Balaban J connectivity index is 2.35. The Bertz CT molecular complexity index is 255. The van der Waals surface area contributed by atoms with Crippen molar-refractivity contribution in [3.8, 4) is 0 Å². The quantitative estimate of drug-likeness (QED) is 0.596. The fraction of sp³-hybridized carbons (Fsp3) is 0.933. The summed E-state index contributed by atoms with van der Waals surface area (Å²) in [6.07, 6.45) is 7.82. The number of aliphatic hydroxyl groups excluding tert-OH is 1. The molecular formula is C15H30N2O2. The first-order valence-electron chi connectivity index (χ1n) is 7.85. The van der Waals surface area contributed by atoms with Gasteiger partial charge in [0, 0.05) is 25.7 Å². The van der Waals surface area contributed by atoms with Gasteiger partial charge >= 0.3 is 0 Å². The van der Waals surface area contributed by atoms with E-state index >= 15 is 0 Å². The Hall–Kier alpha value is -0.610. The number of carbonyl (C=O) groups is 1. The van der Waals surface area contributed by atoms with Crippen LogP contribution in [0.5, 0.6) is 0 Å². The molecule has 0 bridgehead atoms. The van der Waals surface area contributed by atoms with Gasteiger partial charge in [-0.1, -0.05) is 26.2 Å². The van der Waals surface area contributed by atoms with Crippen molar-refractivity contribution in [2.24, 2.45) is 0 Å². The fourth-order valence-corrected chi connectivity index (χ4v) is 2.55. The summed E-state index contributed by atoms with van der Waals surface area (Å²) < 4.78 is 0. The molecule has 1 amide bonds. The molecule has 1 saturated carbocycles. The Morgan fingerprint density at radius 1 is 1.37 bits per heavy atom. The van der Waals surface area contributed by atoms with Crippen LogP contribution in [-0.4, -0.2) is 47.7 Å². The van der Waals surface area contributed by atoms with Crippen molar-refractivity contribution in [3.63, 3.8) is 0 Å². The number of hydrogen-bond donors (Lipinski definition) is 2. The third kappa shape index (κ3) is 5.49. The second-order valence-electron chi connectivity index (χ2n) is 5.57. The monoisotopic (exact) mass is 270 g/mol. The zero-order valence-corrected chi connectivity index (χ0v) is 12.5. The minimum Gasteiger partial charge on any atom is -0.396 e. The van der Waals surface area contributed by atoms with Crippen LogP contribution < -0.4 is 5.32 Å². The van der Waals surface area contributed by atoms with Gasteiger partial charge in [0.15, 0.2) is 0 Å². The first kappa shape index (κ1) is 16.4. The lowest BCUT2D eigenvalue weighted by molar-refractivity contribution is -0.127. The minimum atomic E-state index is -0.0709. The highest BCUT2D eigenvalue weighted by Gasteiger charge is 2.31. The molecule has 4 nitrogen and oxygen atoms in total. The molecule has 0 spiro atoms. The van der Waals surface area contributed by atoms with E-state index in [1.807, 2.05) is 6.92 Å². The fourth-order valence-electron chi connectivity index (χ4n) is 2.55. The Labute approximate surface area is 117 Å². The average Bonchev–Trinajstić information content (AvgIpc) is 2.36. The Morgan fingerprint density at radius 2 is 2.11 bits per heavy atom. The molecule has 2 N–H and O–H groups in total. The van der Waals surface area contributed by atoms with Gasteiger partial charge in [0.1, 0.15) is 0 Å². The van der Waals surface area contributed by atoms with Crippen molar-refractivity contribution in [1.82, 2.24) is 10.2 Å². The normalized spacial score (nSPS) is 17.3. The molecule has 112 valence electrons. The van der Waals surface area contributed by atoms with E-state index in [0.717, 1.165) is 25.9 Å². The van der Waals surface area contributed by atoms with Crippen LogP contribution in [0.4, 0.5) is 0 Å². The van der Waals surface area contributed by atoms with Crippen LogP contribution in [0.3, 0.4) is 0 Å². The van der Waals surface area contributed by atoms with Crippen LogP contribution in [0.1, 0.15) is 58.8 Å². The summed E-state index contributed by atoms with van der Waals surface area (Å²) in [6, 6.07) is 0.474. The zero-order chi connectivity index (χ0) is 14.1. The number of nitrogens with zero attached hydrogens (tertiary/aromatic N) is 1. The van der Waals surface area contributed by atoms with Gasteiger partial charge in [-0.2, -0.15) is 0 Å². The number of amides is 1. The summed E-state index contributed by atoms with van der Waals surface area (Å²) >= 11 is 0. The molecule has 1 aliphatic rings. The third-order valence-electron chi connectivity index (χ3n) is 4.07. The van der Waals surface area contributed by atoms with Crippen molar-refractivity contribution < 1.29 is 9.90 Å². The predicted molar refractivity (Wildman–Crippen MR) is 78.0 cm³/mol. The predicted octanol–water partition coefficient (Wildman–Crippen LogP) is 1.92. The van der Waals surface area contributed by atoms with E-state index in [2.05, 4.69) is 17.1 Å². The highest BCUT2D eigenvalue weighted by atomic mass is 16.3. The van der Waals surface area contributed by atoms with Crippen molar-refractivity contribution in [2.45, 2.75) is 70.9 Å². The molecule has 0 saturated heterocycles. The molecule has 1 fully saturated rings. The molecular weight excluding hydrogens is 240 g/mol. The lowest BCUT2D eigenvalue weighted by Gasteiger charge is -2.40. The standard InChI is InChI=1S/C15H30N2O2/c1-3-4-5-10-16-15(19)13(2)17(11-7-12-18)14-8-6-9-14/h13-14,18H,3-12H2,1-2H3,(H,16,19). The van der Waals surface area contributed by atoms with Crippen LogP contribution in [0.15, 0.2) is 0 Å². The second kappa shape index (κ2) is 9.32. The van der Waals surface area contributed by atoms with E-state index in [1.165, 1.54) is 32.1 Å². The molecule has 0 aliphatic heterocycles. The molecule has 0 aromatic rings. The van der Waals surface area contributed by atoms with E-state index in [9.17, 15) is 4.79 Å². The molecule has 1 rings (SSSR count). The lowest BCUT2D eigenvalue weighted by Crippen LogP contribution is -2.52. The highest BCUT2D eigenvalue weighted by Crippen LogP contribution is 2.26. The maximum Gasteiger partial charge on any atom is 0.237 e. The van der Waals surface area contributed by atoms with Gasteiger partial charge in [-0.25, -0.2) is 0 Å². The molecule has 19 heavy (non-hydrogen) atoms. The lowest BCUT2D eigenvalue weighted by atomic mass is 9.90. The Kier molecular flexibility index (Phi) is 8.07. The van der Waals surface area contributed by atoms with Gasteiger partial charge in [-0.05, 0) is 32.6 Å². The topological polar surface area (TPSA) is 52.6 Å². The molecule has 1 atom stereocenters. The first-order chi connectivity index (χ1) is 9.20.